The van der Waals surface area contributed by atoms with Crippen molar-refractivity contribution >= 4 is 5.78 Å². The Morgan fingerprint density at radius 1 is 1.09 bits per heavy atom. The Morgan fingerprint density at radius 3 is 2.47 bits per heavy atom. The van der Waals surface area contributed by atoms with Crippen LogP contribution in [0, 0.1) is 17.8 Å². The molecule has 4 nitrogen and oxygen atoms in total. The molecule has 2 N–H and O–H groups in total. The molecule has 4 heteroatoms. The van der Waals surface area contributed by atoms with Crippen LogP contribution in [-0.2, 0) is 10.3 Å². The second kappa shape index (κ2) is 14.4. The molecule has 3 rings (SSSR count). The Bertz CT molecular complexity index is 724. The number of unbranched alkanes of at least 4 members (excludes halogenated alkanes) is 1. The zero-order chi connectivity index (χ0) is 24.2. The summed E-state index contributed by atoms with van der Waals surface area (Å²) in [5.41, 5.74) is 0.866. The number of ketones is 1. The van der Waals surface area contributed by atoms with Gasteiger partial charge in [-0.1, -0.05) is 69.6 Å². The van der Waals surface area contributed by atoms with Gasteiger partial charge in [0.15, 0.2) is 5.78 Å². The lowest BCUT2D eigenvalue weighted by molar-refractivity contribution is -0.0487. The molecule has 2 atom stereocenters. The highest BCUT2D eigenvalue weighted by Gasteiger charge is 2.38. The van der Waals surface area contributed by atoms with Gasteiger partial charge in [0.2, 0.25) is 0 Å². The zero-order valence-electron chi connectivity index (χ0n) is 21.8. The van der Waals surface area contributed by atoms with E-state index < -0.39 is 5.60 Å². The topological polar surface area (TPSA) is 58.6 Å². The predicted octanol–water partition coefficient (Wildman–Crippen LogP) is 6.65. The Kier molecular flexibility index (Phi) is 11.6. The average Bonchev–Trinajstić information content (AvgIpc) is 2.88. The summed E-state index contributed by atoms with van der Waals surface area (Å²) in [6, 6.07) is 8.01. The van der Waals surface area contributed by atoms with E-state index in [1.165, 1.54) is 51.4 Å². The summed E-state index contributed by atoms with van der Waals surface area (Å²) < 4.78 is 5.24. The Hall–Kier alpha value is -1.23. The molecule has 0 heterocycles. The van der Waals surface area contributed by atoms with E-state index in [0.29, 0.717) is 12.3 Å². The molecular weight excluding hydrogens is 422 g/mol. The van der Waals surface area contributed by atoms with Crippen molar-refractivity contribution in [3.8, 4) is 0 Å². The number of carbonyl (C=O) groups excluding carboxylic acids is 1. The van der Waals surface area contributed by atoms with E-state index in [2.05, 4.69) is 11.4 Å². The first-order valence-corrected chi connectivity index (χ1v) is 14.1. The quantitative estimate of drug-likeness (QED) is 0.236. The van der Waals surface area contributed by atoms with Gasteiger partial charge in [0, 0.05) is 25.7 Å². The van der Waals surface area contributed by atoms with Crippen LogP contribution in [0.2, 0.25) is 0 Å². The largest absolute Gasteiger partial charge is 0.385 e. The SMILES string of the molecule is CNC[C@@H](CC(=O)c1cccc([C@@](O)(CCCCOC)C2CCCCC2)c1)CC1CCCCC1. The molecule has 0 amide bonds. The summed E-state index contributed by atoms with van der Waals surface area (Å²) in [6.07, 6.45) is 16.9. The van der Waals surface area contributed by atoms with Gasteiger partial charge in [-0.2, -0.15) is 0 Å². The summed E-state index contributed by atoms with van der Waals surface area (Å²) in [5, 5.41) is 15.4. The van der Waals surface area contributed by atoms with Crippen LogP contribution < -0.4 is 5.32 Å². The maximum Gasteiger partial charge on any atom is 0.163 e. The van der Waals surface area contributed by atoms with Crippen LogP contribution in [0.1, 0.15) is 112 Å². The van der Waals surface area contributed by atoms with Gasteiger partial charge in [-0.15, -0.1) is 0 Å². The van der Waals surface area contributed by atoms with Crippen molar-refractivity contribution in [2.45, 2.75) is 102 Å². The first kappa shape index (κ1) is 27.4. The molecule has 2 aliphatic carbocycles. The maximum absolute atomic E-state index is 13.4. The van der Waals surface area contributed by atoms with Crippen molar-refractivity contribution in [3.05, 3.63) is 35.4 Å². The first-order chi connectivity index (χ1) is 16.6. The normalized spacial score (nSPS) is 20.7. The van der Waals surface area contributed by atoms with Crippen LogP contribution >= 0.6 is 0 Å². The van der Waals surface area contributed by atoms with Crippen LogP contribution in [0.15, 0.2) is 24.3 Å². The number of Topliss-reactive ketones (excluding diaryl/α,β-unsaturated/α-hetero) is 1. The van der Waals surface area contributed by atoms with Gasteiger partial charge in [-0.25, -0.2) is 0 Å². The third-order valence-corrected chi connectivity index (χ3v) is 8.48. The van der Waals surface area contributed by atoms with Gasteiger partial charge >= 0.3 is 0 Å². The highest BCUT2D eigenvalue weighted by Crippen LogP contribution is 2.43. The molecule has 0 saturated heterocycles. The summed E-state index contributed by atoms with van der Waals surface area (Å²) in [6.45, 7) is 1.63. The van der Waals surface area contributed by atoms with Crippen molar-refractivity contribution in [3.63, 3.8) is 0 Å². The highest BCUT2D eigenvalue weighted by atomic mass is 16.5. The number of nitrogens with one attached hydrogen (secondary N) is 1. The fourth-order valence-corrected chi connectivity index (χ4v) is 6.57. The fourth-order valence-electron chi connectivity index (χ4n) is 6.57. The monoisotopic (exact) mass is 471 g/mol. The smallest absolute Gasteiger partial charge is 0.163 e. The van der Waals surface area contributed by atoms with Crippen LogP contribution in [-0.4, -0.2) is 38.2 Å². The summed E-state index contributed by atoms with van der Waals surface area (Å²) in [5.74, 6) is 1.66. The molecule has 2 aliphatic rings. The zero-order valence-corrected chi connectivity index (χ0v) is 21.8. The van der Waals surface area contributed by atoms with Crippen molar-refractivity contribution in [2.24, 2.45) is 17.8 Å². The average molecular weight is 472 g/mol. The second-order valence-corrected chi connectivity index (χ2v) is 11.1. The number of rotatable bonds is 14. The Morgan fingerprint density at radius 2 is 1.79 bits per heavy atom. The van der Waals surface area contributed by atoms with Gasteiger partial charge in [0.25, 0.3) is 0 Å². The molecule has 1 aromatic carbocycles. The van der Waals surface area contributed by atoms with Crippen molar-refractivity contribution in [1.29, 1.82) is 0 Å². The molecule has 2 saturated carbocycles. The van der Waals surface area contributed by atoms with E-state index in [1.54, 1.807) is 7.11 Å². The molecule has 0 aliphatic heterocycles. The molecule has 0 aromatic heterocycles. The molecule has 0 bridgehead atoms. The molecule has 0 spiro atoms. The number of hydrogen-bond acceptors (Lipinski definition) is 4. The molecule has 1 aromatic rings. The number of methoxy groups -OCH3 is 1. The van der Waals surface area contributed by atoms with Crippen molar-refractivity contribution in [1.82, 2.24) is 5.32 Å². The summed E-state index contributed by atoms with van der Waals surface area (Å²) in [7, 11) is 3.73. The van der Waals surface area contributed by atoms with Gasteiger partial charge in [0.05, 0.1) is 5.60 Å². The number of benzene rings is 1. The van der Waals surface area contributed by atoms with E-state index in [4.69, 9.17) is 4.74 Å². The molecule has 2 fully saturated rings. The highest BCUT2D eigenvalue weighted by molar-refractivity contribution is 5.96. The summed E-state index contributed by atoms with van der Waals surface area (Å²) in [4.78, 5) is 13.4. The summed E-state index contributed by atoms with van der Waals surface area (Å²) >= 11 is 0. The number of ether oxygens (including phenoxy) is 1. The minimum absolute atomic E-state index is 0.225. The van der Waals surface area contributed by atoms with Gasteiger partial charge in [0.1, 0.15) is 0 Å². The van der Waals surface area contributed by atoms with Gasteiger partial charge < -0.3 is 15.2 Å². The number of aliphatic hydroxyl groups is 1. The lowest BCUT2D eigenvalue weighted by Crippen LogP contribution is -2.37. The van der Waals surface area contributed by atoms with Crippen molar-refractivity contribution < 1.29 is 14.6 Å². The Balaban J connectivity index is 1.72. The van der Waals surface area contributed by atoms with Crippen LogP contribution in [0.4, 0.5) is 0 Å². The van der Waals surface area contributed by atoms with Gasteiger partial charge in [-0.3, -0.25) is 4.79 Å². The third kappa shape index (κ3) is 7.90. The molecule has 192 valence electrons. The standard InChI is InChI=1S/C30H49NO3/c1-31-23-25(20-24-12-5-3-6-13-24)21-29(32)26-14-11-17-28(22-26)30(33,18-9-10-19-34-2)27-15-7-4-8-16-27/h11,14,17,22,24-25,27,31,33H,3-10,12-13,15-16,18-21,23H2,1-2H3/t25-,30-/m1/s1. The van der Waals surface area contributed by atoms with E-state index >= 15 is 0 Å². The van der Waals surface area contributed by atoms with E-state index in [-0.39, 0.29) is 11.7 Å². The van der Waals surface area contributed by atoms with E-state index in [9.17, 15) is 9.90 Å². The van der Waals surface area contributed by atoms with E-state index in [1.807, 2.05) is 25.2 Å². The number of hydrogen-bond donors (Lipinski definition) is 2. The van der Waals surface area contributed by atoms with Crippen molar-refractivity contribution in [2.75, 3.05) is 27.3 Å². The predicted molar refractivity (Wildman–Crippen MR) is 140 cm³/mol. The lowest BCUT2D eigenvalue weighted by atomic mass is 9.71. The molecule has 0 radical (unpaired) electrons. The molecule has 0 unspecified atom stereocenters. The third-order valence-electron chi connectivity index (χ3n) is 8.48. The molecular formula is C30H49NO3. The first-order valence-electron chi connectivity index (χ1n) is 14.1. The van der Waals surface area contributed by atoms with Crippen LogP contribution in [0.3, 0.4) is 0 Å². The lowest BCUT2D eigenvalue weighted by Gasteiger charge is -2.39. The Labute approximate surface area is 208 Å². The van der Waals surface area contributed by atoms with Gasteiger partial charge in [-0.05, 0) is 81.5 Å². The number of carbonyl (C=O) groups is 1. The maximum atomic E-state index is 13.4. The second-order valence-electron chi connectivity index (χ2n) is 11.1. The minimum Gasteiger partial charge on any atom is -0.385 e. The minimum atomic E-state index is -0.850. The van der Waals surface area contributed by atoms with E-state index in [0.717, 1.165) is 68.7 Å². The molecule has 34 heavy (non-hydrogen) atoms. The fraction of sp³-hybridized carbons (Fsp3) is 0.767. The van der Waals surface area contributed by atoms with Crippen LogP contribution in [0.25, 0.3) is 0 Å². The van der Waals surface area contributed by atoms with Crippen LogP contribution in [0.5, 0.6) is 0 Å².